The highest BCUT2D eigenvalue weighted by Gasteiger charge is 2.18. The zero-order chi connectivity index (χ0) is 13.9. The third kappa shape index (κ3) is 2.68. The average molecular weight is 267 g/mol. The number of hydrogen-bond acceptors (Lipinski definition) is 2. The van der Waals surface area contributed by atoms with Crippen LogP contribution in [-0.2, 0) is 0 Å². The van der Waals surface area contributed by atoms with Crippen LogP contribution < -0.4 is 0 Å². The SMILES string of the molecule is CN(C)C1CCC=C(c2cccc(-n3cccn3)c2)C1. The minimum Gasteiger partial charge on any atom is -0.306 e. The summed E-state index contributed by atoms with van der Waals surface area (Å²) in [6.07, 6.45) is 9.75. The van der Waals surface area contributed by atoms with Crippen LogP contribution in [0, 0.1) is 0 Å². The molecule has 1 aliphatic rings. The van der Waals surface area contributed by atoms with Crippen LogP contribution in [0.25, 0.3) is 11.3 Å². The van der Waals surface area contributed by atoms with E-state index >= 15 is 0 Å². The summed E-state index contributed by atoms with van der Waals surface area (Å²) in [5, 5.41) is 4.30. The molecule has 0 amide bonds. The van der Waals surface area contributed by atoms with E-state index in [0.29, 0.717) is 6.04 Å². The molecule has 2 aromatic rings. The van der Waals surface area contributed by atoms with E-state index in [2.05, 4.69) is 54.4 Å². The second-order valence-electron chi connectivity index (χ2n) is 5.63. The molecule has 0 fully saturated rings. The first-order valence-corrected chi connectivity index (χ1v) is 7.20. The molecule has 0 spiro atoms. The summed E-state index contributed by atoms with van der Waals surface area (Å²) in [5.41, 5.74) is 3.91. The minimum absolute atomic E-state index is 0.656. The number of rotatable bonds is 3. The Hall–Kier alpha value is -1.87. The van der Waals surface area contributed by atoms with Gasteiger partial charge in [-0.15, -0.1) is 0 Å². The first-order chi connectivity index (χ1) is 9.74. The normalized spacial score (nSPS) is 19.1. The van der Waals surface area contributed by atoms with Gasteiger partial charge in [0.15, 0.2) is 0 Å². The van der Waals surface area contributed by atoms with Gasteiger partial charge >= 0.3 is 0 Å². The van der Waals surface area contributed by atoms with Crippen LogP contribution >= 0.6 is 0 Å². The summed E-state index contributed by atoms with van der Waals surface area (Å²) in [5.74, 6) is 0. The van der Waals surface area contributed by atoms with Crippen molar-refractivity contribution < 1.29 is 0 Å². The molecule has 1 aromatic carbocycles. The lowest BCUT2D eigenvalue weighted by Crippen LogP contribution is -2.29. The molecule has 0 saturated heterocycles. The Balaban J connectivity index is 1.87. The molecule has 104 valence electrons. The van der Waals surface area contributed by atoms with E-state index in [0.717, 1.165) is 12.1 Å². The standard InChI is InChI=1S/C17H21N3/c1-19(2)16-8-3-6-14(12-16)15-7-4-9-17(13-15)20-11-5-10-18-20/h4-7,9-11,13,16H,3,8,12H2,1-2H3. The Morgan fingerprint density at radius 1 is 1.25 bits per heavy atom. The fourth-order valence-corrected chi connectivity index (χ4v) is 2.84. The molecule has 20 heavy (non-hydrogen) atoms. The van der Waals surface area contributed by atoms with E-state index in [9.17, 15) is 0 Å². The van der Waals surface area contributed by atoms with Gasteiger partial charge in [-0.3, -0.25) is 0 Å². The Morgan fingerprint density at radius 3 is 2.90 bits per heavy atom. The van der Waals surface area contributed by atoms with Gasteiger partial charge in [-0.05, 0) is 62.7 Å². The van der Waals surface area contributed by atoms with Crippen molar-refractivity contribution in [1.82, 2.24) is 14.7 Å². The molecule has 0 bridgehead atoms. The molecule has 1 aromatic heterocycles. The topological polar surface area (TPSA) is 21.1 Å². The van der Waals surface area contributed by atoms with Gasteiger partial charge in [-0.1, -0.05) is 18.2 Å². The summed E-state index contributed by atoms with van der Waals surface area (Å²) >= 11 is 0. The summed E-state index contributed by atoms with van der Waals surface area (Å²) in [7, 11) is 4.35. The van der Waals surface area contributed by atoms with Crippen molar-refractivity contribution in [3.05, 3.63) is 54.4 Å². The van der Waals surface area contributed by atoms with Gasteiger partial charge in [0.1, 0.15) is 0 Å². The Labute approximate surface area is 120 Å². The molecule has 3 heteroatoms. The predicted molar refractivity (Wildman–Crippen MR) is 82.9 cm³/mol. The molecular formula is C17H21N3. The Kier molecular flexibility index (Phi) is 3.70. The Morgan fingerprint density at radius 2 is 2.15 bits per heavy atom. The lowest BCUT2D eigenvalue weighted by Gasteiger charge is -2.28. The number of benzene rings is 1. The van der Waals surface area contributed by atoms with Crippen LogP contribution in [0.5, 0.6) is 0 Å². The highest BCUT2D eigenvalue weighted by molar-refractivity contribution is 5.68. The number of aromatic nitrogens is 2. The van der Waals surface area contributed by atoms with Gasteiger partial charge in [0, 0.05) is 18.4 Å². The molecule has 0 saturated carbocycles. The maximum Gasteiger partial charge on any atom is 0.0651 e. The van der Waals surface area contributed by atoms with Crippen molar-refractivity contribution in [1.29, 1.82) is 0 Å². The highest BCUT2D eigenvalue weighted by atomic mass is 15.3. The van der Waals surface area contributed by atoms with Crippen LogP contribution in [-0.4, -0.2) is 34.8 Å². The van der Waals surface area contributed by atoms with E-state index in [4.69, 9.17) is 0 Å². The van der Waals surface area contributed by atoms with Crippen molar-refractivity contribution in [2.45, 2.75) is 25.3 Å². The summed E-state index contributed by atoms with van der Waals surface area (Å²) < 4.78 is 1.91. The van der Waals surface area contributed by atoms with Gasteiger partial charge in [0.25, 0.3) is 0 Å². The lowest BCUT2D eigenvalue weighted by atomic mass is 9.89. The van der Waals surface area contributed by atoms with E-state index in [1.54, 1.807) is 0 Å². The molecule has 1 heterocycles. The maximum atomic E-state index is 4.30. The minimum atomic E-state index is 0.656. The van der Waals surface area contributed by atoms with Gasteiger partial charge in [-0.25, -0.2) is 4.68 Å². The quantitative estimate of drug-likeness (QED) is 0.850. The van der Waals surface area contributed by atoms with Crippen molar-refractivity contribution in [3.8, 4) is 5.69 Å². The lowest BCUT2D eigenvalue weighted by molar-refractivity contribution is 0.279. The van der Waals surface area contributed by atoms with Gasteiger partial charge in [0.05, 0.1) is 5.69 Å². The summed E-state index contributed by atoms with van der Waals surface area (Å²) in [4.78, 5) is 2.34. The molecule has 1 aliphatic carbocycles. The van der Waals surface area contributed by atoms with Gasteiger partial charge in [0.2, 0.25) is 0 Å². The second-order valence-corrected chi connectivity index (χ2v) is 5.63. The highest BCUT2D eigenvalue weighted by Crippen LogP contribution is 2.29. The largest absolute Gasteiger partial charge is 0.306 e. The molecule has 0 aliphatic heterocycles. The monoisotopic (exact) mass is 267 g/mol. The van der Waals surface area contributed by atoms with Crippen molar-refractivity contribution in [3.63, 3.8) is 0 Å². The van der Waals surface area contributed by atoms with E-state index in [1.807, 2.05) is 23.1 Å². The van der Waals surface area contributed by atoms with Crippen molar-refractivity contribution >= 4 is 5.57 Å². The molecule has 1 atom stereocenters. The van der Waals surface area contributed by atoms with E-state index < -0.39 is 0 Å². The van der Waals surface area contributed by atoms with Gasteiger partial charge < -0.3 is 4.90 Å². The molecule has 1 unspecified atom stereocenters. The van der Waals surface area contributed by atoms with Crippen LogP contribution in [0.1, 0.15) is 24.8 Å². The first-order valence-electron chi connectivity index (χ1n) is 7.20. The molecular weight excluding hydrogens is 246 g/mol. The summed E-state index contributed by atoms with van der Waals surface area (Å²) in [6, 6.07) is 11.3. The number of hydrogen-bond donors (Lipinski definition) is 0. The summed E-state index contributed by atoms with van der Waals surface area (Å²) in [6.45, 7) is 0. The van der Waals surface area contributed by atoms with E-state index in [-0.39, 0.29) is 0 Å². The maximum absolute atomic E-state index is 4.30. The zero-order valence-corrected chi connectivity index (χ0v) is 12.2. The average Bonchev–Trinajstić information content (AvgIpc) is 3.02. The first kappa shape index (κ1) is 13.1. The van der Waals surface area contributed by atoms with Crippen LogP contribution in [0.3, 0.4) is 0 Å². The third-order valence-corrected chi connectivity index (χ3v) is 4.06. The smallest absolute Gasteiger partial charge is 0.0651 e. The molecule has 0 N–H and O–H groups in total. The van der Waals surface area contributed by atoms with Crippen LogP contribution in [0.4, 0.5) is 0 Å². The molecule has 0 radical (unpaired) electrons. The fraction of sp³-hybridized carbons (Fsp3) is 0.353. The van der Waals surface area contributed by atoms with Gasteiger partial charge in [-0.2, -0.15) is 5.10 Å². The second kappa shape index (κ2) is 5.63. The predicted octanol–water partition coefficient (Wildman–Crippen LogP) is 3.37. The number of allylic oxidation sites excluding steroid dienone is 1. The zero-order valence-electron chi connectivity index (χ0n) is 12.2. The van der Waals surface area contributed by atoms with Crippen LogP contribution in [0.15, 0.2) is 48.8 Å². The number of nitrogens with zero attached hydrogens (tertiary/aromatic N) is 3. The molecule has 3 rings (SSSR count). The van der Waals surface area contributed by atoms with Crippen molar-refractivity contribution in [2.24, 2.45) is 0 Å². The third-order valence-electron chi connectivity index (χ3n) is 4.06. The Bertz CT molecular complexity index is 596. The van der Waals surface area contributed by atoms with E-state index in [1.165, 1.54) is 24.0 Å². The molecule has 3 nitrogen and oxygen atoms in total. The van der Waals surface area contributed by atoms with Crippen LogP contribution in [0.2, 0.25) is 0 Å². The fourth-order valence-electron chi connectivity index (χ4n) is 2.84. The van der Waals surface area contributed by atoms with Crippen molar-refractivity contribution in [2.75, 3.05) is 14.1 Å².